The van der Waals surface area contributed by atoms with Crippen molar-refractivity contribution in [1.82, 2.24) is 18.8 Å². The number of hydrogen-bond donors (Lipinski definition) is 1. The highest BCUT2D eigenvalue weighted by Gasteiger charge is 2.28. The van der Waals surface area contributed by atoms with Gasteiger partial charge in [-0.1, -0.05) is 23.7 Å². The molecule has 184 valence electrons. The summed E-state index contributed by atoms with van der Waals surface area (Å²) in [5.41, 5.74) is 1.77. The van der Waals surface area contributed by atoms with Gasteiger partial charge in [0.05, 0.1) is 15.4 Å². The van der Waals surface area contributed by atoms with Gasteiger partial charge in [-0.25, -0.2) is 13.4 Å². The Morgan fingerprint density at radius 2 is 2.00 bits per heavy atom. The van der Waals surface area contributed by atoms with Gasteiger partial charge in [0.2, 0.25) is 11.0 Å². The monoisotopic (exact) mass is 532 g/mol. The number of halogens is 1. The van der Waals surface area contributed by atoms with Crippen LogP contribution in [0.4, 0.5) is 10.8 Å². The summed E-state index contributed by atoms with van der Waals surface area (Å²) in [6.07, 6.45) is 3.19. The zero-order valence-corrected chi connectivity index (χ0v) is 21.2. The Morgan fingerprint density at radius 3 is 2.71 bits per heavy atom. The minimum Gasteiger partial charge on any atom is -0.368 e. The summed E-state index contributed by atoms with van der Waals surface area (Å²) in [7, 11) is -3.73. The molecule has 1 fully saturated rings. The molecule has 1 atom stereocenters. The van der Waals surface area contributed by atoms with Crippen LogP contribution in [0.5, 0.6) is 0 Å². The van der Waals surface area contributed by atoms with Crippen molar-refractivity contribution in [1.29, 1.82) is 0 Å². The molecule has 1 N–H and O–H groups in total. The van der Waals surface area contributed by atoms with E-state index in [4.69, 9.17) is 11.6 Å². The Labute approximate surface area is 213 Å². The zero-order chi connectivity index (χ0) is 24.6. The largest absolute Gasteiger partial charge is 0.368 e. The van der Waals surface area contributed by atoms with Crippen LogP contribution in [0.2, 0.25) is 5.02 Å². The summed E-state index contributed by atoms with van der Waals surface area (Å²) < 4.78 is 33.2. The second-order valence-electron chi connectivity index (χ2n) is 8.35. The van der Waals surface area contributed by atoms with Crippen LogP contribution < -0.4 is 9.62 Å². The third kappa shape index (κ3) is 4.84. The van der Waals surface area contributed by atoms with Gasteiger partial charge in [-0.05, 0) is 43.3 Å². The number of amides is 1. The number of hydrogen-bond acceptors (Lipinski definition) is 7. The highest BCUT2D eigenvalue weighted by molar-refractivity contribution is 7.93. The number of nitrogens with zero attached hydrogens (tertiary/aromatic N) is 5. The van der Waals surface area contributed by atoms with Gasteiger partial charge in [-0.2, -0.15) is 4.37 Å². The van der Waals surface area contributed by atoms with Crippen LogP contribution in [0, 0.1) is 0 Å². The number of sulfonamides is 1. The number of fused-ring (bicyclic) bond motifs is 1. The number of carbonyl (C=O) groups excluding carboxylic acids is 1. The molecule has 1 aliphatic heterocycles. The van der Waals surface area contributed by atoms with E-state index in [1.807, 2.05) is 46.9 Å². The summed E-state index contributed by atoms with van der Waals surface area (Å²) >= 11 is 7.34. The molecule has 0 bridgehead atoms. The Hall–Kier alpha value is -3.15. The van der Waals surface area contributed by atoms with Crippen molar-refractivity contribution in [3.8, 4) is 0 Å². The van der Waals surface area contributed by atoms with E-state index in [-0.39, 0.29) is 29.9 Å². The van der Waals surface area contributed by atoms with Crippen molar-refractivity contribution in [2.45, 2.75) is 24.4 Å². The molecule has 3 heterocycles. The maximum absolute atomic E-state index is 13.1. The first-order valence-corrected chi connectivity index (χ1v) is 13.6. The number of nitrogens with one attached hydrogen (secondary N) is 1. The molecule has 1 aliphatic rings. The summed E-state index contributed by atoms with van der Waals surface area (Å²) in [5, 5.41) is 1.85. The first-order chi connectivity index (χ1) is 16.8. The van der Waals surface area contributed by atoms with Crippen LogP contribution in [0.15, 0.2) is 66.0 Å². The fraction of sp³-hybridized carbons (Fsp3) is 0.261. The molecular formula is C23H25ClN6O3S2. The molecular weight excluding hydrogens is 508 g/mol. The lowest BCUT2D eigenvalue weighted by Gasteiger charge is -2.41. The van der Waals surface area contributed by atoms with E-state index in [1.165, 1.54) is 6.33 Å². The number of anilines is 2. The van der Waals surface area contributed by atoms with Gasteiger partial charge in [-0.3, -0.25) is 9.52 Å². The highest BCUT2D eigenvalue weighted by Crippen LogP contribution is 2.26. The molecule has 0 spiro atoms. The van der Waals surface area contributed by atoms with Crippen molar-refractivity contribution >= 4 is 60.8 Å². The van der Waals surface area contributed by atoms with E-state index in [9.17, 15) is 13.2 Å². The van der Waals surface area contributed by atoms with Crippen molar-refractivity contribution < 1.29 is 14.6 Å². The van der Waals surface area contributed by atoms with Crippen LogP contribution in [0.3, 0.4) is 0 Å². The second-order valence-corrected chi connectivity index (χ2v) is 11.2. The maximum atomic E-state index is 13.1. The molecule has 5 rings (SSSR count). The lowest BCUT2D eigenvalue weighted by atomic mass is 10.1. The molecule has 9 nitrogen and oxygen atoms in total. The van der Waals surface area contributed by atoms with Crippen LogP contribution in [-0.2, 0) is 21.4 Å². The molecule has 0 saturated carbocycles. The summed E-state index contributed by atoms with van der Waals surface area (Å²) in [4.78, 5) is 21.2. The number of benzene rings is 2. The molecule has 1 saturated heterocycles. The maximum Gasteiger partial charge on any atom is 0.263 e. The minimum absolute atomic E-state index is 0. The Bertz CT molecular complexity index is 1460. The lowest BCUT2D eigenvalue weighted by molar-refractivity contribution is -0.134. The molecule has 1 amide bonds. The number of carbonyl (C=O) groups is 1. The van der Waals surface area contributed by atoms with Crippen molar-refractivity contribution in [2.24, 2.45) is 0 Å². The normalized spacial score (nSPS) is 16.6. The number of piperazine rings is 1. The Kier molecular flexibility index (Phi) is 6.39. The van der Waals surface area contributed by atoms with E-state index < -0.39 is 10.0 Å². The number of para-hydroxylation sites is 1. The van der Waals surface area contributed by atoms with Gasteiger partial charge in [0.25, 0.3) is 10.0 Å². The second kappa shape index (κ2) is 9.48. The van der Waals surface area contributed by atoms with E-state index in [2.05, 4.69) is 19.0 Å². The third-order valence-electron chi connectivity index (χ3n) is 6.09. The number of rotatable bonds is 6. The molecule has 35 heavy (non-hydrogen) atoms. The molecule has 12 heteroatoms. The predicted molar refractivity (Wildman–Crippen MR) is 140 cm³/mol. The topological polar surface area (TPSA) is 100 Å². The van der Waals surface area contributed by atoms with E-state index in [0.29, 0.717) is 24.7 Å². The smallest absolute Gasteiger partial charge is 0.263 e. The summed E-state index contributed by atoms with van der Waals surface area (Å²) in [6.45, 7) is 4.12. The Morgan fingerprint density at radius 1 is 1.20 bits per heavy atom. The average Bonchev–Trinajstić information content (AvgIpc) is 3.49. The van der Waals surface area contributed by atoms with Crippen molar-refractivity contribution in [3.05, 3.63) is 66.1 Å². The van der Waals surface area contributed by atoms with Gasteiger partial charge in [0.1, 0.15) is 12.9 Å². The van der Waals surface area contributed by atoms with Crippen LogP contribution in [0.25, 0.3) is 10.9 Å². The van der Waals surface area contributed by atoms with Crippen LogP contribution in [-0.4, -0.2) is 58.8 Å². The van der Waals surface area contributed by atoms with Crippen LogP contribution >= 0.6 is 23.1 Å². The summed E-state index contributed by atoms with van der Waals surface area (Å²) in [5.74, 6) is 0.0405. The molecule has 0 aliphatic carbocycles. The van der Waals surface area contributed by atoms with Gasteiger partial charge in [0.15, 0.2) is 0 Å². The van der Waals surface area contributed by atoms with Gasteiger partial charge < -0.3 is 14.4 Å². The van der Waals surface area contributed by atoms with Gasteiger partial charge in [-0.15, -0.1) is 0 Å². The zero-order valence-electron chi connectivity index (χ0n) is 18.8. The van der Waals surface area contributed by atoms with Crippen molar-refractivity contribution in [2.75, 3.05) is 29.3 Å². The van der Waals surface area contributed by atoms with Crippen LogP contribution in [0.1, 0.15) is 8.35 Å². The molecule has 2 aromatic heterocycles. The van der Waals surface area contributed by atoms with E-state index in [1.54, 1.807) is 24.3 Å². The first-order valence-electron chi connectivity index (χ1n) is 11.0. The van der Waals surface area contributed by atoms with E-state index in [0.717, 1.165) is 28.1 Å². The molecule has 4 aromatic rings. The predicted octanol–water partition coefficient (Wildman–Crippen LogP) is 3.93. The fourth-order valence-electron chi connectivity index (χ4n) is 4.37. The molecule has 0 radical (unpaired) electrons. The minimum atomic E-state index is -3.73. The molecule has 0 unspecified atom stereocenters. The van der Waals surface area contributed by atoms with Gasteiger partial charge in [0, 0.05) is 55.9 Å². The number of aromatic nitrogens is 3. The average molecular weight is 533 g/mol. The van der Waals surface area contributed by atoms with Gasteiger partial charge >= 0.3 is 0 Å². The quantitative estimate of drug-likeness (QED) is 0.404. The lowest BCUT2D eigenvalue weighted by Crippen LogP contribution is -2.54. The fourth-order valence-corrected chi connectivity index (χ4v) is 6.33. The third-order valence-corrected chi connectivity index (χ3v) is 8.46. The standard InChI is InChI=1S/C23H23ClN6O3S2.H2/c1-16-13-28(18-5-7-19(8-6-18)35(32,33)27-23-25-15-26-34-23)11-12-30(16)21(31)14-29-10-9-17-3-2-4-20(24)22(17)29;/h2-10,15-16H,11-14H2,1H3,(H,25,26,27);1H/t16-;/m0./s1. The first kappa shape index (κ1) is 23.6. The molecule has 2 aromatic carbocycles. The Balaban J connectivity index is 0.00000304. The summed E-state index contributed by atoms with van der Waals surface area (Å²) in [6, 6.07) is 14.4. The van der Waals surface area contributed by atoms with E-state index >= 15 is 0 Å². The SMILES string of the molecule is C[C@H]1CN(c2ccc(S(=O)(=O)Nc3ncns3)cc2)CCN1C(=O)Cn1ccc2cccc(Cl)c21.[HH]. The highest BCUT2D eigenvalue weighted by atomic mass is 35.5. The van der Waals surface area contributed by atoms with Crippen molar-refractivity contribution in [3.63, 3.8) is 0 Å².